The number of thiazole rings is 1. The maximum atomic E-state index is 13.8. The molecule has 0 amide bonds. The Hall–Kier alpha value is -2.05. The van der Waals surface area contributed by atoms with E-state index in [2.05, 4.69) is 16.4 Å². The number of hydrogen-bond donors (Lipinski definition) is 2. The maximum absolute atomic E-state index is 13.8. The molecule has 0 bridgehead atoms. The number of rotatable bonds is 3. The summed E-state index contributed by atoms with van der Waals surface area (Å²) in [5.41, 5.74) is 8.41. The van der Waals surface area contributed by atoms with Crippen LogP contribution in [0.5, 0.6) is 0 Å². The van der Waals surface area contributed by atoms with E-state index in [1.54, 1.807) is 12.1 Å². The van der Waals surface area contributed by atoms with Crippen LogP contribution in [-0.4, -0.2) is 9.97 Å². The fraction of sp³-hybridized carbons (Fsp3) is 0.0667. The highest BCUT2D eigenvalue weighted by Gasteiger charge is 2.08. The summed E-state index contributed by atoms with van der Waals surface area (Å²) >= 11 is 6.31. The summed E-state index contributed by atoms with van der Waals surface area (Å²) in [6, 6.07) is 10.7. The molecule has 0 saturated heterocycles. The van der Waals surface area contributed by atoms with Gasteiger partial charge in [-0.1, -0.05) is 29.6 Å². The molecule has 0 aliphatic heterocycles. The minimum atomic E-state index is -0.440. The van der Waals surface area contributed by atoms with Gasteiger partial charge in [-0.15, -0.1) is 0 Å². The van der Waals surface area contributed by atoms with Crippen molar-refractivity contribution in [1.29, 1.82) is 0 Å². The van der Waals surface area contributed by atoms with Crippen LogP contribution in [0.1, 0.15) is 11.1 Å². The van der Waals surface area contributed by atoms with Crippen molar-refractivity contribution in [3.05, 3.63) is 53.3 Å². The molecule has 0 radical (unpaired) electrons. The molecule has 3 N–H and O–H groups in total. The summed E-state index contributed by atoms with van der Waals surface area (Å²) in [5, 5.41) is 3.82. The second-order valence-corrected chi connectivity index (χ2v) is 6.14. The maximum Gasteiger partial charge on any atom is 0.188 e. The second-order valence-electron chi connectivity index (χ2n) is 4.67. The average Bonchev–Trinajstić information content (AvgIpc) is 2.79. The molecule has 6 heteroatoms. The third-order valence-electron chi connectivity index (χ3n) is 3.03. The minimum Gasteiger partial charge on any atom is -0.389 e. The average molecular weight is 317 g/mol. The lowest BCUT2D eigenvalue weighted by atomic mass is 10.2. The molecule has 0 spiro atoms. The number of nitrogens with two attached hydrogens (primary N) is 1. The van der Waals surface area contributed by atoms with E-state index in [9.17, 15) is 4.39 Å². The molecule has 1 aromatic heterocycles. The Morgan fingerprint density at radius 2 is 2.10 bits per heavy atom. The van der Waals surface area contributed by atoms with Crippen LogP contribution in [0, 0.1) is 12.7 Å². The summed E-state index contributed by atoms with van der Waals surface area (Å²) in [7, 11) is 0. The molecule has 1 heterocycles. The Kier molecular flexibility index (Phi) is 3.57. The van der Waals surface area contributed by atoms with Gasteiger partial charge in [-0.25, -0.2) is 9.37 Å². The lowest BCUT2D eigenvalue weighted by Crippen LogP contribution is -2.11. The summed E-state index contributed by atoms with van der Waals surface area (Å²) in [5.74, 6) is -0.440. The van der Waals surface area contributed by atoms with E-state index in [-0.39, 0.29) is 10.6 Å². The Bertz CT molecular complexity index is 842. The van der Waals surface area contributed by atoms with Crippen molar-refractivity contribution in [2.75, 3.05) is 5.32 Å². The van der Waals surface area contributed by atoms with Gasteiger partial charge in [-0.2, -0.15) is 0 Å². The molecule has 2 aromatic carbocycles. The molecule has 3 aromatic rings. The number of nitrogens with one attached hydrogen (secondary N) is 1. The van der Waals surface area contributed by atoms with Gasteiger partial charge < -0.3 is 11.1 Å². The van der Waals surface area contributed by atoms with Crippen molar-refractivity contribution < 1.29 is 4.39 Å². The highest BCUT2D eigenvalue weighted by Crippen LogP contribution is 2.29. The number of fused-ring (bicyclic) bond motifs is 1. The van der Waals surface area contributed by atoms with E-state index < -0.39 is 5.82 Å². The third-order valence-corrected chi connectivity index (χ3v) is 4.18. The fourth-order valence-corrected chi connectivity index (χ4v) is 3.15. The Labute approximate surface area is 130 Å². The number of aryl methyl sites for hydroxylation is 1. The molecule has 106 valence electrons. The fourth-order valence-electron chi connectivity index (χ4n) is 2.00. The minimum absolute atomic E-state index is 0.0505. The van der Waals surface area contributed by atoms with Crippen molar-refractivity contribution in [1.82, 2.24) is 4.98 Å². The van der Waals surface area contributed by atoms with Gasteiger partial charge >= 0.3 is 0 Å². The Morgan fingerprint density at radius 1 is 1.29 bits per heavy atom. The van der Waals surface area contributed by atoms with Crippen LogP contribution < -0.4 is 11.1 Å². The van der Waals surface area contributed by atoms with Crippen LogP contribution in [0.2, 0.25) is 0 Å². The molecular formula is C15H12FN3S2. The van der Waals surface area contributed by atoms with Gasteiger partial charge in [0.1, 0.15) is 10.8 Å². The topological polar surface area (TPSA) is 50.9 Å². The summed E-state index contributed by atoms with van der Waals surface area (Å²) in [6.45, 7) is 2.04. The summed E-state index contributed by atoms with van der Waals surface area (Å²) in [6.07, 6.45) is 0. The number of thiocarbonyl (C=S) groups is 1. The predicted molar refractivity (Wildman–Crippen MR) is 89.9 cm³/mol. The summed E-state index contributed by atoms with van der Waals surface area (Å²) < 4.78 is 14.9. The van der Waals surface area contributed by atoms with Gasteiger partial charge in [-0.3, -0.25) is 0 Å². The van der Waals surface area contributed by atoms with E-state index in [1.807, 2.05) is 19.1 Å². The van der Waals surface area contributed by atoms with Gasteiger partial charge in [0, 0.05) is 11.3 Å². The van der Waals surface area contributed by atoms with Gasteiger partial charge in [0.15, 0.2) is 5.13 Å². The molecule has 0 fully saturated rings. The molecule has 0 aliphatic rings. The molecule has 3 nitrogen and oxygen atoms in total. The van der Waals surface area contributed by atoms with Crippen LogP contribution in [0.4, 0.5) is 15.2 Å². The molecule has 0 saturated carbocycles. The van der Waals surface area contributed by atoms with Gasteiger partial charge in [0.25, 0.3) is 0 Å². The van der Waals surface area contributed by atoms with E-state index in [0.717, 1.165) is 15.3 Å². The van der Waals surface area contributed by atoms with Crippen molar-refractivity contribution in [2.45, 2.75) is 6.92 Å². The zero-order valence-electron chi connectivity index (χ0n) is 11.2. The normalized spacial score (nSPS) is 10.8. The standard InChI is InChI=1S/C15H12FN3S2/c1-8-2-5-12-13(6-8)21-15(19-12)18-9-3-4-10(14(17)20)11(16)7-9/h2-7H,1H3,(H2,17,20)(H,18,19). The summed E-state index contributed by atoms with van der Waals surface area (Å²) in [4.78, 5) is 4.52. The molecule has 0 unspecified atom stereocenters. The van der Waals surface area contributed by atoms with Gasteiger partial charge in [0.05, 0.1) is 10.2 Å². The monoisotopic (exact) mass is 317 g/mol. The lowest BCUT2D eigenvalue weighted by Gasteiger charge is -2.05. The van der Waals surface area contributed by atoms with Crippen molar-refractivity contribution in [3.63, 3.8) is 0 Å². The quantitative estimate of drug-likeness (QED) is 0.713. The van der Waals surface area contributed by atoms with Crippen LogP contribution in [0.15, 0.2) is 36.4 Å². The Morgan fingerprint density at radius 3 is 2.81 bits per heavy atom. The number of nitrogens with zero attached hydrogens (tertiary/aromatic N) is 1. The van der Waals surface area contributed by atoms with E-state index >= 15 is 0 Å². The first-order valence-corrected chi connectivity index (χ1v) is 7.49. The number of aromatic nitrogens is 1. The Balaban J connectivity index is 1.91. The van der Waals surface area contributed by atoms with E-state index in [4.69, 9.17) is 18.0 Å². The van der Waals surface area contributed by atoms with E-state index in [1.165, 1.54) is 23.0 Å². The first-order chi connectivity index (χ1) is 10.0. The first kappa shape index (κ1) is 13.9. The van der Waals surface area contributed by atoms with Crippen molar-refractivity contribution in [2.24, 2.45) is 5.73 Å². The number of anilines is 2. The highest BCUT2D eigenvalue weighted by molar-refractivity contribution is 7.80. The molecule has 3 rings (SSSR count). The number of halogens is 1. The van der Waals surface area contributed by atoms with Crippen molar-refractivity contribution >= 4 is 49.6 Å². The number of hydrogen-bond acceptors (Lipinski definition) is 4. The molecule has 0 atom stereocenters. The molecular weight excluding hydrogens is 305 g/mol. The highest BCUT2D eigenvalue weighted by atomic mass is 32.1. The van der Waals surface area contributed by atoms with Crippen LogP contribution in [-0.2, 0) is 0 Å². The predicted octanol–water partition coefficient (Wildman–Crippen LogP) is 4.12. The van der Waals surface area contributed by atoms with Crippen LogP contribution in [0.3, 0.4) is 0 Å². The lowest BCUT2D eigenvalue weighted by molar-refractivity contribution is 0.626. The van der Waals surface area contributed by atoms with Gasteiger partial charge in [0.2, 0.25) is 0 Å². The first-order valence-electron chi connectivity index (χ1n) is 6.26. The smallest absolute Gasteiger partial charge is 0.188 e. The van der Waals surface area contributed by atoms with E-state index in [0.29, 0.717) is 5.69 Å². The largest absolute Gasteiger partial charge is 0.389 e. The number of benzene rings is 2. The SMILES string of the molecule is Cc1ccc2nc(Nc3ccc(C(N)=S)c(F)c3)sc2c1. The molecule has 21 heavy (non-hydrogen) atoms. The second kappa shape index (κ2) is 5.38. The van der Waals surface area contributed by atoms with Crippen LogP contribution >= 0.6 is 23.6 Å². The van der Waals surface area contributed by atoms with Crippen LogP contribution in [0.25, 0.3) is 10.2 Å². The van der Waals surface area contributed by atoms with Crippen molar-refractivity contribution in [3.8, 4) is 0 Å². The third kappa shape index (κ3) is 2.86. The van der Waals surface area contributed by atoms with Gasteiger partial charge in [-0.05, 0) is 42.8 Å². The molecule has 0 aliphatic carbocycles. The zero-order valence-corrected chi connectivity index (χ0v) is 12.8. The zero-order chi connectivity index (χ0) is 15.0.